The molecule has 0 radical (unpaired) electrons. The summed E-state index contributed by atoms with van der Waals surface area (Å²) < 4.78 is 2.21. The first-order valence-electron chi connectivity index (χ1n) is 4.55. The molecule has 2 aromatic rings. The lowest BCUT2D eigenvalue weighted by molar-refractivity contribution is -0.137. The van der Waals surface area contributed by atoms with Gasteiger partial charge in [-0.25, -0.2) is 9.67 Å². The number of aliphatic carboxylic acids is 1. The largest absolute Gasteiger partial charge is 0.480 e. The highest BCUT2D eigenvalue weighted by Gasteiger charge is 2.02. The van der Waals surface area contributed by atoms with Crippen molar-refractivity contribution < 1.29 is 9.90 Å². The smallest absolute Gasteiger partial charge is 0.325 e. The molecule has 0 aliphatic carbocycles. The third-order valence-electron chi connectivity index (χ3n) is 1.75. The average Bonchev–Trinajstić information content (AvgIpc) is 2.84. The monoisotopic (exact) mass is 314 g/mol. The lowest BCUT2D eigenvalue weighted by Crippen LogP contribution is -2.08. The van der Waals surface area contributed by atoms with Gasteiger partial charge in [0.25, 0.3) is 0 Å². The van der Waals surface area contributed by atoms with Gasteiger partial charge in [-0.1, -0.05) is 5.21 Å². The van der Waals surface area contributed by atoms with E-state index in [-0.39, 0.29) is 6.54 Å². The number of halogens is 1. The van der Waals surface area contributed by atoms with Gasteiger partial charge in [0.1, 0.15) is 17.2 Å². The Kier molecular flexibility index (Phi) is 3.64. The molecule has 17 heavy (non-hydrogen) atoms. The normalized spacial score (nSPS) is 11.1. The third kappa shape index (κ3) is 3.46. The summed E-state index contributed by atoms with van der Waals surface area (Å²) in [5, 5.41) is 16.9. The molecule has 0 aliphatic rings. The molecular weight excluding hydrogens is 308 g/mol. The number of carbonyl (C=O) groups is 1. The number of thiazole rings is 1. The van der Waals surface area contributed by atoms with Crippen LogP contribution in [0, 0.1) is 0 Å². The van der Waals surface area contributed by atoms with Gasteiger partial charge in [0.15, 0.2) is 0 Å². The summed E-state index contributed by atoms with van der Waals surface area (Å²) in [7, 11) is 0. The summed E-state index contributed by atoms with van der Waals surface area (Å²) in [6, 6.07) is 0. The number of rotatable bonds is 4. The molecule has 0 aliphatic heterocycles. The van der Waals surface area contributed by atoms with Crippen molar-refractivity contribution in [3.8, 4) is 0 Å². The van der Waals surface area contributed by atoms with Crippen LogP contribution < -0.4 is 0 Å². The van der Waals surface area contributed by atoms with Crippen LogP contribution in [0.5, 0.6) is 0 Å². The molecule has 6 nitrogen and oxygen atoms in total. The molecule has 1 N–H and O–H groups in total. The Morgan fingerprint density at radius 3 is 3.06 bits per heavy atom. The molecule has 0 spiro atoms. The fourth-order valence-electron chi connectivity index (χ4n) is 1.11. The van der Waals surface area contributed by atoms with Gasteiger partial charge in [0, 0.05) is 0 Å². The fourth-order valence-corrected chi connectivity index (χ4v) is 2.25. The fraction of sp³-hybridized carbons (Fsp3) is 0.111. The maximum atomic E-state index is 10.4. The lowest BCUT2D eigenvalue weighted by atomic mass is 10.4. The minimum Gasteiger partial charge on any atom is -0.480 e. The zero-order chi connectivity index (χ0) is 12.3. The summed E-state index contributed by atoms with van der Waals surface area (Å²) >= 11 is 4.81. The molecule has 0 saturated heterocycles. The summed E-state index contributed by atoms with van der Waals surface area (Å²) in [4.78, 5) is 14.6. The Hall–Kier alpha value is -1.54. The molecule has 8 heteroatoms. The maximum absolute atomic E-state index is 10.4. The molecule has 2 rings (SSSR count). The second-order valence-electron chi connectivity index (χ2n) is 3.07. The molecule has 0 fully saturated rings. The van der Waals surface area contributed by atoms with Crippen molar-refractivity contribution in [3.05, 3.63) is 26.9 Å². The van der Waals surface area contributed by atoms with E-state index in [4.69, 9.17) is 5.11 Å². The highest BCUT2D eigenvalue weighted by Crippen LogP contribution is 2.20. The third-order valence-corrected chi connectivity index (χ3v) is 3.19. The van der Waals surface area contributed by atoms with Crippen molar-refractivity contribution >= 4 is 45.4 Å². The van der Waals surface area contributed by atoms with Crippen LogP contribution in [0.25, 0.3) is 12.2 Å². The minimum absolute atomic E-state index is 0.191. The van der Waals surface area contributed by atoms with E-state index in [1.54, 1.807) is 24.5 Å². The van der Waals surface area contributed by atoms with Crippen molar-refractivity contribution in [1.82, 2.24) is 20.0 Å². The van der Waals surface area contributed by atoms with Crippen LogP contribution >= 0.6 is 27.3 Å². The zero-order valence-corrected chi connectivity index (χ0v) is 10.8. The highest BCUT2D eigenvalue weighted by molar-refractivity contribution is 9.11. The van der Waals surface area contributed by atoms with Crippen molar-refractivity contribution in [2.45, 2.75) is 6.54 Å². The van der Waals surface area contributed by atoms with Gasteiger partial charge in [-0.05, 0) is 28.1 Å². The molecule has 0 unspecified atom stereocenters. The van der Waals surface area contributed by atoms with Crippen LogP contribution in [0.15, 0.2) is 16.2 Å². The van der Waals surface area contributed by atoms with Crippen LogP contribution in [0.3, 0.4) is 0 Å². The van der Waals surface area contributed by atoms with Crippen LogP contribution in [-0.2, 0) is 11.3 Å². The van der Waals surface area contributed by atoms with E-state index in [0.717, 1.165) is 8.79 Å². The van der Waals surface area contributed by atoms with Gasteiger partial charge >= 0.3 is 5.97 Å². The molecule has 2 aromatic heterocycles. The standard InChI is InChI=1S/C9H7BrN4O2S/c10-7-3-11-8(17-7)2-1-6-4-14(13-12-6)5-9(15)16/h1-4H,5H2,(H,15,16)/b2-1+. The Labute approximate surface area is 109 Å². The Balaban J connectivity index is 2.06. The van der Waals surface area contributed by atoms with E-state index in [2.05, 4.69) is 31.2 Å². The van der Waals surface area contributed by atoms with Crippen LogP contribution in [0.2, 0.25) is 0 Å². The van der Waals surface area contributed by atoms with E-state index in [9.17, 15) is 4.79 Å². The molecule has 0 atom stereocenters. The maximum Gasteiger partial charge on any atom is 0.325 e. The van der Waals surface area contributed by atoms with Gasteiger partial charge in [-0.2, -0.15) is 0 Å². The van der Waals surface area contributed by atoms with Gasteiger partial charge in [-0.15, -0.1) is 16.4 Å². The van der Waals surface area contributed by atoms with E-state index < -0.39 is 5.97 Å². The van der Waals surface area contributed by atoms with Gasteiger partial charge in [0.05, 0.1) is 16.2 Å². The average molecular weight is 315 g/mol. The van der Waals surface area contributed by atoms with Crippen LogP contribution in [0.4, 0.5) is 0 Å². The number of hydrogen-bond donors (Lipinski definition) is 1. The van der Waals surface area contributed by atoms with Crippen molar-refractivity contribution in [1.29, 1.82) is 0 Å². The first-order valence-corrected chi connectivity index (χ1v) is 6.16. The molecule has 0 bridgehead atoms. The summed E-state index contributed by atoms with van der Waals surface area (Å²) in [6.45, 7) is -0.191. The van der Waals surface area contributed by atoms with Gasteiger partial charge < -0.3 is 5.11 Å². The summed E-state index contributed by atoms with van der Waals surface area (Å²) in [5.41, 5.74) is 0.595. The van der Waals surface area contributed by atoms with E-state index in [1.807, 2.05) is 0 Å². The number of carboxylic acid groups (broad SMARTS) is 1. The Morgan fingerprint density at radius 1 is 1.59 bits per heavy atom. The predicted molar refractivity (Wildman–Crippen MR) is 66.4 cm³/mol. The SMILES string of the molecule is O=C(O)Cn1cc(/C=C/c2ncc(Br)s2)nn1. The molecule has 88 valence electrons. The number of nitrogens with zero attached hydrogens (tertiary/aromatic N) is 4. The topological polar surface area (TPSA) is 80.9 Å². The first-order chi connectivity index (χ1) is 8.13. The second kappa shape index (κ2) is 5.19. The molecule has 0 aromatic carbocycles. The summed E-state index contributed by atoms with van der Waals surface area (Å²) in [5.74, 6) is -0.950. The van der Waals surface area contributed by atoms with E-state index in [0.29, 0.717) is 5.69 Å². The zero-order valence-electron chi connectivity index (χ0n) is 8.45. The lowest BCUT2D eigenvalue weighted by Gasteiger charge is -1.90. The quantitative estimate of drug-likeness (QED) is 0.929. The van der Waals surface area contributed by atoms with Crippen molar-refractivity contribution in [2.75, 3.05) is 0 Å². The Morgan fingerprint density at radius 2 is 2.41 bits per heavy atom. The van der Waals surface area contributed by atoms with Gasteiger partial charge in [0.2, 0.25) is 0 Å². The number of aromatic nitrogens is 4. The van der Waals surface area contributed by atoms with E-state index in [1.165, 1.54) is 16.0 Å². The van der Waals surface area contributed by atoms with Gasteiger partial charge in [-0.3, -0.25) is 4.79 Å². The molecule has 0 saturated carbocycles. The Bertz CT molecular complexity index is 563. The first kappa shape index (κ1) is 11.9. The molecule has 2 heterocycles. The minimum atomic E-state index is -0.950. The number of carboxylic acids is 1. The number of hydrogen-bond acceptors (Lipinski definition) is 5. The summed E-state index contributed by atoms with van der Waals surface area (Å²) in [6.07, 6.45) is 6.81. The molecular formula is C9H7BrN4O2S. The predicted octanol–water partition coefficient (Wildman–Crippen LogP) is 1.75. The second-order valence-corrected chi connectivity index (χ2v) is 5.51. The highest BCUT2D eigenvalue weighted by atomic mass is 79.9. The van der Waals surface area contributed by atoms with Crippen molar-refractivity contribution in [3.63, 3.8) is 0 Å². The van der Waals surface area contributed by atoms with Crippen LogP contribution in [0.1, 0.15) is 10.7 Å². The van der Waals surface area contributed by atoms with Crippen molar-refractivity contribution in [2.24, 2.45) is 0 Å². The van der Waals surface area contributed by atoms with E-state index >= 15 is 0 Å². The molecule has 0 amide bonds. The van der Waals surface area contributed by atoms with Crippen LogP contribution in [-0.4, -0.2) is 31.1 Å².